The minimum absolute atomic E-state index is 0.0310. The summed E-state index contributed by atoms with van der Waals surface area (Å²) in [5.74, 6) is -0.988. The van der Waals surface area contributed by atoms with Gasteiger partial charge < -0.3 is 20.1 Å². The van der Waals surface area contributed by atoms with Crippen molar-refractivity contribution in [1.82, 2.24) is 10.3 Å². The number of anilines is 1. The van der Waals surface area contributed by atoms with Crippen molar-refractivity contribution in [2.45, 2.75) is 50.6 Å². The Morgan fingerprint density at radius 1 is 0.975 bits per heavy atom. The van der Waals surface area contributed by atoms with E-state index in [0.717, 1.165) is 48.6 Å². The van der Waals surface area contributed by atoms with Gasteiger partial charge in [-0.2, -0.15) is 0 Å². The standard InChI is InChI=1S/C32H33N3O5/c1-40-26-17-15-25(16-18-26)35(29(36)19-23-20-33-28-10-6-5-9-27(23)28)30(21-11-13-22(14-12-21)32(38)39)31(37)34-24-7-3-2-4-8-24/h5-6,9-18,20,24,30,33H,2-4,7-8,19H2,1H3,(H,34,37)(H,38,39). The molecule has 0 radical (unpaired) electrons. The number of ether oxygens (including phenoxy) is 1. The van der Waals surface area contributed by atoms with Crippen LogP contribution in [0.1, 0.15) is 59.6 Å². The molecule has 0 bridgehead atoms. The first-order chi connectivity index (χ1) is 19.4. The lowest BCUT2D eigenvalue weighted by Gasteiger charge is -2.33. The Kier molecular flexibility index (Phi) is 8.15. The molecule has 1 atom stereocenters. The lowest BCUT2D eigenvalue weighted by atomic mass is 9.94. The summed E-state index contributed by atoms with van der Waals surface area (Å²) in [6.07, 6.45) is 6.91. The summed E-state index contributed by atoms with van der Waals surface area (Å²) in [5.41, 5.74) is 2.93. The maximum Gasteiger partial charge on any atom is 0.335 e. The second-order valence-corrected chi connectivity index (χ2v) is 10.2. The van der Waals surface area contributed by atoms with Crippen LogP contribution in [0.25, 0.3) is 10.9 Å². The van der Waals surface area contributed by atoms with E-state index >= 15 is 0 Å². The predicted octanol–water partition coefficient (Wildman–Crippen LogP) is 5.64. The number of nitrogens with one attached hydrogen (secondary N) is 2. The highest BCUT2D eigenvalue weighted by atomic mass is 16.5. The number of aromatic amines is 1. The van der Waals surface area contributed by atoms with E-state index in [1.165, 1.54) is 17.0 Å². The SMILES string of the molecule is COc1ccc(N(C(=O)Cc2c[nH]c3ccccc23)C(C(=O)NC2CCCCC2)c2ccc(C(=O)O)cc2)cc1. The molecule has 206 valence electrons. The summed E-state index contributed by atoms with van der Waals surface area (Å²) in [4.78, 5) is 44.5. The highest BCUT2D eigenvalue weighted by Crippen LogP contribution is 2.32. The van der Waals surface area contributed by atoms with E-state index < -0.39 is 12.0 Å². The van der Waals surface area contributed by atoms with Crippen LogP contribution in [0.5, 0.6) is 5.75 Å². The number of fused-ring (bicyclic) bond motifs is 1. The van der Waals surface area contributed by atoms with Crippen LogP contribution in [-0.2, 0) is 16.0 Å². The van der Waals surface area contributed by atoms with E-state index in [4.69, 9.17) is 4.74 Å². The molecule has 2 amide bonds. The third-order valence-corrected chi connectivity index (χ3v) is 7.57. The first-order valence-electron chi connectivity index (χ1n) is 13.6. The van der Waals surface area contributed by atoms with Gasteiger partial charge in [-0.25, -0.2) is 4.79 Å². The Labute approximate surface area is 233 Å². The van der Waals surface area contributed by atoms with Gasteiger partial charge in [0, 0.05) is 28.8 Å². The number of amides is 2. The fourth-order valence-electron chi connectivity index (χ4n) is 5.46. The Bertz CT molecular complexity index is 1490. The van der Waals surface area contributed by atoms with Gasteiger partial charge in [0.15, 0.2) is 0 Å². The van der Waals surface area contributed by atoms with E-state index in [9.17, 15) is 19.5 Å². The van der Waals surface area contributed by atoms with Crippen molar-refractivity contribution in [2.24, 2.45) is 0 Å². The molecule has 1 aliphatic carbocycles. The number of hydrogen-bond donors (Lipinski definition) is 3. The van der Waals surface area contributed by atoms with Gasteiger partial charge in [-0.05, 0) is 66.4 Å². The van der Waals surface area contributed by atoms with Gasteiger partial charge in [-0.3, -0.25) is 14.5 Å². The van der Waals surface area contributed by atoms with Gasteiger partial charge in [0.2, 0.25) is 11.8 Å². The minimum atomic E-state index is -1.06. The fraction of sp³-hybridized carbons (Fsp3) is 0.281. The van der Waals surface area contributed by atoms with Crippen molar-refractivity contribution in [3.05, 3.63) is 95.7 Å². The maximum absolute atomic E-state index is 14.2. The van der Waals surface area contributed by atoms with E-state index in [-0.39, 0.29) is 29.8 Å². The van der Waals surface area contributed by atoms with Crippen molar-refractivity contribution < 1.29 is 24.2 Å². The van der Waals surface area contributed by atoms with Crippen molar-refractivity contribution in [2.75, 3.05) is 12.0 Å². The van der Waals surface area contributed by atoms with Crippen molar-refractivity contribution in [1.29, 1.82) is 0 Å². The number of carbonyl (C=O) groups is 3. The summed E-state index contributed by atoms with van der Waals surface area (Å²) in [6, 6.07) is 20.0. The number of carbonyl (C=O) groups excluding carboxylic acids is 2. The second-order valence-electron chi connectivity index (χ2n) is 10.2. The molecule has 0 saturated heterocycles. The molecule has 0 spiro atoms. The van der Waals surface area contributed by atoms with Crippen LogP contribution in [0, 0.1) is 0 Å². The van der Waals surface area contributed by atoms with Crippen LogP contribution in [0.4, 0.5) is 5.69 Å². The smallest absolute Gasteiger partial charge is 0.335 e. The number of rotatable bonds is 9. The van der Waals surface area contributed by atoms with Crippen molar-refractivity contribution in [3.63, 3.8) is 0 Å². The molecule has 1 aromatic heterocycles. The van der Waals surface area contributed by atoms with Gasteiger partial charge in [-0.15, -0.1) is 0 Å². The summed E-state index contributed by atoms with van der Waals surface area (Å²) in [6.45, 7) is 0. The van der Waals surface area contributed by atoms with Crippen LogP contribution in [0.15, 0.2) is 79.0 Å². The molecular weight excluding hydrogens is 506 g/mol. The summed E-state index contributed by atoms with van der Waals surface area (Å²) >= 11 is 0. The van der Waals surface area contributed by atoms with E-state index in [2.05, 4.69) is 10.3 Å². The molecule has 1 saturated carbocycles. The largest absolute Gasteiger partial charge is 0.497 e. The Balaban J connectivity index is 1.57. The molecule has 8 nitrogen and oxygen atoms in total. The topological polar surface area (TPSA) is 112 Å². The number of para-hydroxylation sites is 1. The van der Waals surface area contributed by atoms with Gasteiger partial charge >= 0.3 is 5.97 Å². The number of aromatic carboxylic acids is 1. The van der Waals surface area contributed by atoms with E-state index in [1.54, 1.807) is 43.5 Å². The number of H-pyrrole nitrogens is 1. The lowest BCUT2D eigenvalue weighted by molar-refractivity contribution is -0.127. The molecule has 1 aliphatic rings. The molecule has 8 heteroatoms. The summed E-state index contributed by atoms with van der Waals surface area (Å²) in [5, 5.41) is 13.6. The number of benzene rings is 3. The molecule has 1 unspecified atom stereocenters. The Hall–Kier alpha value is -4.59. The highest BCUT2D eigenvalue weighted by Gasteiger charge is 2.34. The van der Waals surface area contributed by atoms with Gasteiger partial charge in [0.25, 0.3) is 0 Å². The Morgan fingerprint density at radius 2 is 1.68 bits per heavy atom. The van der Waals surface area contributed by atoms with Gasteiger partial charge in [0.1, 0.15) is 11.8 Å². The van der Waals surface area contributed by atoms with Gasteiger partial charge in [-0.1, -0.05) is 49.6 Å². The van der Waals surface area contributed by atoms with Crippen molar-refractivity contribution in [3.8, 4) is 5.75 Å². The molecule has 1 heterocycles. The van der Waals surface area contributed by atoms with Crippen LogP contribution in [0.2, 0.25) is 0 Å². The first-order valence-corrected chi connectivity index (χ1v) is 13.6. The zero-order chi connectivity index (χ0) is 28.1. The molecule has 5 rings (SSSR count). The molecule has 3 N–H and O–H groups in total. The van der Waals surface area contributed by atoms with Crippen LogP contribution in [-0.4, -0.2) is 41.0 Å². The summed E-state index contributed by atoms with van der Waals surface area (Å²) in [7, 11) is 1.57. The average Bonchev–Trinajstić information content (AvgIpc) is 3.39. The first kappa shape index (κ1) is 27.0. The molecule has 4 aromatic rings. The van der Waals surface area contributed by atoms with E-state index in [1.807, 2.05) is 30.5 Å². The summed E-state index contributed by atoms with van der Waals surface area (Å²) < 4.78 is 5.33. The fourth-order valence-corrected chi connectivity index (χ4v) is 5.46. The monoisotopic (exact) mass is 539 g/mol. The quantitative estimate of drug-likeness (QED) is 0.255. The number of methoxy groups -OCH3 is 1. The Morgan fingerprint density at radius 3 is 2.35 bits per heavy atom. The molecule has 0 aliphatic heterocycles. The van der Waals surface area contributed by atoms with Crippen LogP contribution < -0.4 is 15.0 Å². The third-order valence-electron chi connectivity index (χ3n) is 7.57. The third kappa shape index (κ3) is 5.86. The number of aromatic nitrogens is 1. The zero-order valence-electron chi connectivity index (χ0n) is 22.4. The maximum atomic E-state index is 14.2. The molecule has 3 aromatic carbocycles. The normalized spacial score (nSPS) is 14.4. The van der Waals surface area contributed by atoms with Crippen LogP contribution in [0.3, 0.4) is 0 Å². The molecular formula is C32H33N3O5. The number of nitrogens with zero attached hydrogens (tertiary/aromatic N) is 1. The second kappa shape index (κ2) is 12.1. The predicted molar refractivity (Wildman–Crippen MR) is 154 cm³/mol. The minimum Gasteiger partial charge on any atom is -0.497 e. The van der Waals surface area contributed by atoms with Gasteiger partial charge in [0.05, 0.1) is 19.1 Å². The molecule has 1 fully saturated rings. The van der Waals surface area contributed by atoms with E-state index in [0.29, 0.717) is 17.0 Å². The highest BCUT2D eigenvalue weighted by molar-refractivity contribution is 6.03. The zero-order valence-corrected chi connectivity index (χ0v) is 22.4. The number of hydrogen-bond acceptors (Lipinski definition) is 4. The van der Waals surface area contributed by atoms with Crippen molar-refractivity contribution >= 4 is 34.4 Å². The number of carboxylic acid groups (broad SMARTS) is 1. The lowest BCUT2D eigenvalue weighted by Crippen LogP contribution is -2.47. The molecule has 40 heavy (non-hydrogen) atoms. The average molecular weight is 540 g/mol. The number of carboxylic acids is 1. The van der Waals surface area contributed by atoms with Crippen LogP contribution >= 0.6 is 0 Å².